The Morgan fingerprint density at radius 3 is 2.54 bits per heavy atom. The van der Waals surface area contributed by atoms with Crippen LogP contribution in [0.4, 0.5) is 0 Å². The lowest BCUT2D eigenvalue weighted by Crippen LogP contribution is -2.42. The first-order valence-corrected chi connectivity index (χ1v) is 9.38. The van der Waals surface area contributed by atoms with Gasteiger partial charge in [0.25, 0.3) is 0 Å². The molecule has 0 amide bonds. The summed E-state index contributed by atoms with van der Waals surface area (Å²) >= 11 is 0. The minimum atomic E-state index is -1.10. The van der Waals surface area contributed by atoms with E-state index in [-0.39, 0.29) is 12.6 Å². The summed E-state index contributed by atoms with van der Waals surface area (Å²) in [6.07, 6.45) is 3.37. The van der Waals surface area contributed by atoms with Gasteiger partial charge in [-0.25, -0.2) is 4.99 Å². The summed E-state index contributed by atoms with van der Waals surface area (Å²) in [5, 5.41) is 21.2. The summed E-state index contributed by atoms with van der Waals surface area (Å²) in [6, 6.07) is 7.47. The number of benzene rings is 1. The highest BCUT2D eigenvalue weighted by Gasteiger charge is 2.24. The molecule has 0 saturated heterocycles. The van der Waals surface area contributed by atoms with Crippen LogP contribution in [0.1, 0.15) is 26.3 Å². The van der Waals surface area contributed by atoms with Crippen molar-refractivity contribution >= 4 is 5.96 Å². The fourth-order valence-corrected chi connectivity index (χ4v) is 2.53. The van der Waals surface area contributed by atoms with Crippen LogP contribution in [-0.2, 0) is 12.6 Å². The second-order valence-corrected chi connectivity index (χ2v) is 6.86. The molecule has 0 bridgehead atoms. The van der Waals surface area contributed by atoms with Gasteiger partial charge < -0.3 is 25.2 Å². The van der Waals surface area contributed by atoms with Gasteiger partial charge in [-0.15, -0.1) is 0 Å². The van der Waals surface area contributed by atoms with Crippen LogP contribution in [0.15, 0.2) is 41.7 Å². The molecule has 1 aromatic heterocycles. The highest BCUT2D eigenvalue weighted by atomic mass is 16.5. The summed E-state index contributed by atoms with van der Waals surface area (Å²) in [5.74, 6) is 2.19. The maximum absolute atomic E-state index is 10.7. The van der Waals surface area contributed by atoms with E-state index < -0.39 is 5.60 Å². The number of aliphatic hydroxyl groups is 1. The number of aryl methyl sites for hydroxylation is 1. The minimum Gasteiger partial charge on any atom is -0.497 e. The van der Waals surface area contributed by atoms with E-state index in [0.717, 1.165) is 17.1 Å². The van der Waals surface area contributed by atoms with E-state index in [2.05, 4.69) is 20.7 Å². The van der Waals surface area contributed by atoms with Crippen molar-refractivity contribution in [3.05, 3.63) is 42.2 Å². The van der Waals surface area contributed by atoms with Gasteiger partial charge in [0, 0.05) is 25.4 Å². The van der Waals surface area contributed by atoms with Gasteiger partial charge >= 0.3 is 0 Å². The van der Waals surface area contributed by atoms with Gasteiger partial charge in [-0.05, 0) is 45.0 Å². The fourth-order valence-electron chi connectivity index (χ4n) is 2.53. The maximum Gasteiger partial charge on any atom is 0.191 e. The van der Waals surface area contributed by atoms with Crippen LogP contribution in [0.25, 0.3) is 0 Å². The zero-order valence-electron chi connectivity index (χ0n) is 17.3. The van der Waals surface area contributed by atoms with E-state index in [1.165, 1.54) is 0 Å². The van der Waals surface area contributed by atoms with Crippen molar-refractivity contribution in [3.8, 4) is 11.5 Å². The van der Waals surface area contributed by atoms with Crippen LogP contribution >= 0.6 is 0 Å². The highest BCUT2D eigenvalue weighted by Crippen LogP contribution is 2.20. The molecule has 0 spiro atoms. The van der Waals surface area contributed by atoms with E-state index in [4.69, 9.17) is 9.47 Å². The van der Waals surface area contributed by atoms with Crippen molar-refractivity contribution in [1.29, 1.82) is 0 Å². The summed E-state index contributed by atoms with van der Waals surface area (Å²) in [6.45, 7) is 7.19. The van der Waals surface area contributed by atoms with Gasteiger partial charge in [-0.3, -0.25) is 4.68 Å². The van der Waals surface area contributed by atoms with Crippen LogP contribution in [0, 0.1) is 0 Å². The number of nitrogens with zero attached hydrogens (tertiary/aromatic N) is 3. The van der Waals surface area contributed by atoms with Crippen molar-refractivity contribution in [1.82, 2.24) is 20.4 Å². The summed E-state index contributed by atoms with van der Waals surface area (Å²) < 4.78 is 12.7. The zero-order chi connectivity index (χ0) is 20.6. The second kappa shape index (κ2) is 9.98. The molecule has 8 nitrogen and oxygen atoms in total. The molecule has 0 aliphatic heterocycles. The first kappa shape index (κ1) is 21.6. The number of methoxy groups -OCH3 is 1. The van der Waals surface area contributed by atoms with Gasteiger partial charge in [-0.2, -0.15) is 5.10 Å². The highest BCUT2D eigenvalue weighted by molar-refractivity contribution is 5.79. The van der Waals surface area contributed by atoms with E-state index in [1.807, 2.05) is 45.2 Å². The first-order valence-electron chi connectivity index (χ1n) is 9.38. The Hall–Kier alpha value is -2.74. The number of ether oxygens (including phenoxy) is 2. The number of aromatic nitrogens is 2. The van der Waals surface area contributed by atoms with Crippen molar-refractivity contribution in [2.75, 3.05) is 26.7 Å². The minimum absolute atomic E-state index is 0.0731. The number of hydrogen-bond acceptors (Lipinski definition) is 5. The Morgan fingerprint density at radius 1 is 1.29 bits per heavy atom. The van der Waals surface area contributed by atoms with Gasteiger partial charge in [-0.1, -0.05) is 0 Å². The second-order valence-electron chi connectivity index (χ2n) is 6.86. The van der Waals surface area contributed by atoms with Gasteiger partial charge in [0.2, 0.25) is 0 Å². The molecule has 0 saturated carbocycles. The predicted octanol–water partition coefficient (Wildman–Crippen LogP) is 1.66. The third kappa shape index (κ3) is 6.45. The molecule has 2 unspecified atom stereocenters. The number of aliphatic imine (C=N–C) groups is 1. The molecule has 0 radical (unpaired) electrons. The van der Waals surface area contributed by atoms with E-state index >= 15 is 0 Å². The molecular weight excluding hydrogens is 358 g/mol. The number of guanidine groups is 1. The van der Waals surface area contributed by atoms with Gasteiger partial charge in [0.1, 0.15) is 23.2 Å². The fraction of sp³-hybridized carbons (Fsp3) is 0.500. The quantitative estimate of drug-likeness (QED) is 0.446. The third-order valence-corrected chi connectivity index (χ3v) is 4.17. The lowest BCUT2D eigenvalue weighted by atomic mass is 10.0. The number of nitrogens with one attached hydrogen (secondary N) is 2. The molecule has 2 atom stereocenters. The first-order chi connectivity index (χ1) is 13.3. The molecule has 1 aromatic carbocycles. The molecule has 3 N–H and O–H groups in total. The molecule has 0 aliphatic carbocycles. The lowest BCUT2D eigenvalue weighted by Gasteiger charge is -2.21. The van der Waals surface area contributed by atoms with Gasteiger partial charge in [0.15, 0.2) is 5.96 Å². The molecule has 0 fully saturated rings. The monoisotopic (exact) mass is 389 g/mol. The summed E-state index contributed by atoms with van der Waals surface area (Å²) in [5.41, 5.74) is -0.368. The lowest BCUT2D eigenvalue weighted by molar-refractivity contribution is 0.0671. The smallest absolute Gasteiger partial charge is 0.191 e. The van der Waals surface area contributed by atoms with Crippen LogP contribution < -0.4 is 20.1 Å². The van der Waals surface area contributed by atoms with Crippen molar-refractivity contribution < 1.29 is 14.6 Å². The Labute approximate surface area is 166 Å². The molecule has 28 heavy (non-hydrogen) atoms. The average Bonchev–Trinajstić information content (AvgIpc) is 3.12. The van der Waals surface area contributed by atoms with Crippen LogP contribution in [0.2, 0.25) is 0 Å². The normalized spacial score (nSPS) is 14.9. The van der Waals surface area contributed by atoms with Crippen LogP contribution in [0.3, 0.4) is 0 Å². The van der Waals surface area contributed by atoms with E-state index in [0.29, 0.717) is 19.0 Å². The number of rotatable bonds is 9. The van der Waals surface area contributed by atoms with Crippen molar-refractivity contribution in [3.63, 3.8) is 0 Å². The maximum atomic E-state index is 10.7. The van der Waals surface area contributed by atoms with Crippen LogP contribution in [-0.4, -0.2) is 53.7 Å². The molecule has 154 valence electrons. The molecule has 0 aliphatic rings. The Kier molecular flexibility index (Phi) is 7.69. The predicted molar refractivity (Wildman–Crippen MR) is 110 cm³/mol. The largest absolute Gasteiger partial charge is 0.497 e. The third-order valence-electron chi connectivity index (χ3n) is 4.17. The average molecular weight is 390 g/mol. The van der Waals surface area contributed by atoms with Crippen LogP contribution in [0.5, 0.6) is 11.5 Å². The SMILES string of the molecule is CCNC(=NCC(C)(O)c1cnn(C)c1)NCC(C)Oc1ccc(OC)cc1. The van der Waals surface area contributed by atoms with Crippen molar-refractivity contribution in [2.45, 2.75) is 32.5 Å². The number of hydrogen-bond donors (Lipinski definition) is 3. The van der Waals surface area contributed by atoms with Gasteiger partial charge in [0.05, 0.1) is 26.4 Å². The Bertz CT molecular complexity index is 755. The molecule has 2 rings (SSSR count). The summed E-state index contributed by atoms with van der Waals surface area (Å²) in [7, 11) is 3.45. The van der Waals surface area contributed by atoms with E-state index in [1.54, 1.807) is 31.1 Å². The van der Waals surface area contributed by atoms with Crippen molar-refractivity contribution in [2.24, 2.45) is 12.0 Å². The summed E-state index contributed by atoms with van der Waals surface area (Å²) in [4.78, 5) is 4.51. The topological polar surface area (TPSA) is 92.9 Å². The molecular formula is C20H31N5O3. The standard InChI is InChI=1S/C20H31N5O3/c1-6-21-19(23-14-20(3,26)16-12-24-25(4)13-16)22-11-15(2)28-18-9-7-17(27-5)8-10-18/h7-10,12-13,15,26H,6,11,14H2,1-5H3,(H2,21,22,23). The Balaban J connectivity index is 1.90. The molecule has 1 heterocycles. The zero-order valence-corrected chi connectivity index (χ0v) is 17.3. The van der Waals surface area contributed by atoms with E-state index in [9.17, 15) is 5.11 Å². The Morgan fingerprint density at radius 2 is 1.96 bits per heavy atom. The molecule has 8 heteroatoms. The molecule has 2 aromatic rings.